The van der Waals surface area contributed by atoms with Crippen LogP contribution in [0.1, 0.15) is 35.2 Å². The maximum absolute atomic E-state index is 6.13. The van der Waals surface area contributed by atoms with Crippen LogP contribution in [0, 0.1) is 20.8 Å². The quantitative estimate of drug-likeness (QED) is 0.744. The van der Waals surface area contributed by atoms with E-state index < -0.39 is 0 Å². The molecule has 2 aromatic carbocycles. The summed E-state index contributed by atoms with van der Waals surface area (Å²) >= 11 is 11.6. The molecule has 2 nitrogen and oxygen atoms in total. The van der Waals surface area contributed by atoms with E-state index in [4.69, 9.17) is 23.8 Å². The smallest absolute Gasteiger partial charge is 0.171 e. The van der Waals surface area contributed by atoms with Crippen molar-refractivity contribution in [2.45, 2.75) is 33.7 Å². The number of rotatable bonds is 3. The van der Waals surface area contributed by atoms with Crippen LogP contribution in [-0.2, 0) is 0 Å². The number of halogens is 1. The van der Waals surface area contributed by atoms with E-state index in [9.17, 15) is 0 Å². The van der Waals surface area contributed by atoms with Crippen molar-refractivity contribution >= 4 is 34.6 Å². The van der Waals surface area contributed by atoms with Gasteiger partial charge in [-0.25, -0.2) is 0 Å². The molecule has 0 aliphatic heterocycles. The molecule has 0 bridgehead atoms. The summed E-state index contributed by atoms with van der Waals surface area (Å²) in [5.41, 5.74) is 5.68. The van der Waals surface area contributed by atoms with Gasteiger partial charge in [0.1, 0.15) is 0 Å². The van der Waals surface area contributed by atoms with E-state index in [1.54, 1.807) is 0 Å². The number of anilines is 1. The van der Waals surface area contributed by atoms with Gasteiger partial charge in [0, 0.05) is 10.7 Å². The standard InChI is InChI=1S/C18H21ClN2S/c1-11-8-9-12(2)15(10-11)14(4)20-18(22)21-17-7-5-6-16(19)13(17)3/h5-10,14H,1-4H3,(H2,20,21,22). The Labute approximate surface area is 142 Å². The lowest BCUT2D eigenvalue weighted by molar-refractivity contribution is 0.716. The van der Waals surface area contributed by atoms with Crippen molar-refractivity contribution < 1.29 is 0 Å². The first kappa shape index (κ1) is 16.8. The van der Waals surface area contributed by atoms with Gasteiger partial charge in [-0.15, -0.1) is 0 Å². The normalized spacial score (nSPS) is 11.9. The zero-order chi connectivity index (χ0) is 16.3. The number of benzene rings is 2. The summed E-state index contributed by atoms with van der Waals surface area (Å²) in [5.74, 6) is 0. The Bertz CT molecular complexity index is 697. The molecule has 0 aromatic heterocycles. The monoisotopic (exact) mass is 332 g/mol. The summed E-state index contributed by atoms with van der Waals surface area (Å²) in [4.78, 5) is 0. The van der Waals surface area contributed by atoms with Crippen LogP contribution in [0.15, 0.2) is 36.4 Å². The molecule has 116 valence electrons. The largest absolute Gasteiger partial charge is 0.356 e. The summed E-state index contributed by atoms with van der Waals surface area (Å²) in [5, 5.41) is 7.89. The van der Waals surface area contributed by atoms with Gasteiger partial charge >= 0.3 is 0 Å². The number of thiocarbonyl (C=S) groups is 1. The summed E-state index contributed by atoms with van der Waals surface area (Å²) in [6.07, 6.45) is 0. The highest BCUT2D eigenvalue weighted by Gasteiger charge is 2.11. The molecule has 1 unspecified atom stereocenters. The maximum atomic E-state index is 6.13. The second-order valence-electron chi connectivity index (χ2n) is 5.59. The minimum atomic E-state index is 0.138. The van der Waals surface area contributed by atoms with Gasteiger partial charge in [-0.1, -0.05) is 41.4 Å². The Hall–Kier alpha value is -1.58. The minimum Gasteiger partial charge on any atom is -0.356 e. The molecule has 2 N–H and O–H groups in total. The van der Waals surface area contributed by atoms with Crippen LogP contribution < -0.4 is 10.6 Å². The third kappa shape index (κ3) is 3.99. The summed E-state index contributed by atoms with van der Waals surface area (Å²) in [6.45, 7) is 8.30. The number of nitrogens with one attached hydrogen (secondary N) is 2. The van der Waals surface area contributed by atoms with Gasteiger partial charge in [-0.3, -0.25) is 0 Å². The van der Waals surface area contributed by atoms with Gasteiger partial charge < -0.3 is 10.6 Å². The summed E-state index contributed by atoms with van der Waals surface area (Å²) in [7, 11) is 0. The van der Waals surface area contributed by atoms with E-state index >= 15 is 0 Å². The van der Waals surface area contributed by atoms with Crippen molar-refractivity contribution in [3.8, 4) is 0 Å². The third-order valence-corrected chi connectivity index (χ3v) is 4.39. The fourth-order valence-corrected chi connectivity index (χ4v) is 2.86. The minimum absolute atomic E-state index is 0.138. The zero-order valence-corrected chi connectivity index (χ0v) is 14.9. The average Bonchev–Trinajstić information content (AvgIpc) is 2.46. The van der Waals surface area contributed by atoms with Crippen LogP contribution in [0.5, 0.6) is 0 Å². The molecule has 2 rings (SSSR count). The molecule has 0 radical (unpaired) electrons. The maximum Gasteiger partial charge on any atom is 0.171 e. The highest BCUT2D eigenvalue weighted by Crippen LogP contribution is 2.23. The molecule has 0 aliphatic carbocycles. The highest BCUT2D eigenvalue weighted by atomic mass is 35.5. The number of hydrogen-bond donors (Lipinski definition) is 2. The fourth-order valence-electron chi connectivity index (χ4n) is 2.40. The SMILES string of the molecule is Cc1ccc(C)c(C(C)NC(=S)Nc2cccc(Cl)c2C)c1. The molecule has 2 aromatic rings. The zero-order valence-electron chi connectivity index (χ0n) is 13.3. The van der Waals surface area contributed by atoms with E-state index in [2.05, 4.69) is 49.6 Å². The van der Waals surface area contributed by atoms with Crippen LogP contribution in [0.3, 0.4) is 0 Å². The van der Waals surface area contributed by atoms with E-state index in [0.29, 0.717) is 5.11 Å². The molecule has 0 spiro atoms. The molecule has 4 heteroatoms. The highest BCUT2D eigenvalue weighted by molar-refractivity contribution is 7.80. The Morgan fingerprint density at radius 3 is 2.59 bits per heavy atom. The average molecular weight is 333 g/mol. The first-order chi connectivity index (χ1) is 10.4. The lowest BCUT2D eigenvalue weighted by atomic mass is 10.0. The van der Waals surface area contributed by atoms with Crippen molar-refractivity contribution in [1.82, 2.24) is 5.32 Å². The Balaban J connectivity index is 2.08. The van der Waals surface area contributed by atoms with Crippen molar-refractivity contribution in [2.75, 3.05) is 5.32 Å². The molecular formula is C18H21ClN2S. The van der Waals surface area contributed by atoms with E-state index in [1.165, 1.54) is 16.7 Å². The molecule has 0 fully saturated rings. The molecule has 0 saturated carbocycles. The van der Waals surface area contributed by atoms with Crippen LogP contribution >= 0.6 is 23.8 Å². The van der Waals surface area contributed by atoms with E-state index in [1.807, 2.05) is 25.1 Å². The second kappa shape index (κ2) is 7.12. The van der Waals surface area contributed by atoms with Gasteiger partial charge in [0.25, 0.3) is 0 Å². The lowest BCUT2D eigenvalue weighted by Crippen LogP contribution is -2.31. The Morgan fingerprint density at radius 1 is 1.14 bits per heavy atom. The van der Waals surface area contributed by atoms with Gasteiger partial charge in [0.2, 0.25) is 0 Å². The Morgan fingerprint density at radius 2 is 1.86 bits per heavy atom. The van der Waals surface area contributed by atoms with Crippen molar-refractivity contribution in [1.29, 1.82) is 0 Å². The predicted octanol–water partition coefficient (Wildman–Crippen LogP) is 5.31. The molecular weight excluding hydrogens is 312 g/mol. The number of aryl methyl sites for hydroxylation is 2. The summed E-state index contributed by atoms with van der Waals surface area (Å²) in [6, 6.07) is 12.3. The second-order valence-corrected chi connectivity index (χ2v) is 6.41. The van der Waals surface area contributed by atoms with Crippen molar-refractivity contribution in [3.05, 3.63) is 63.7 Å². The third-order valence-electron chi connectivity index (χ3n) is 3.76. The predicted molar refractivity (Wildman–Crippen MR) is 99.9 cm³/mol. The summed E-state index contributed by atoms with van der Waals surface area (Å²) < 4.78 is 0. The van der Waals surface area contributed by atoms with Crippen LogP contribution in [0.25, 0.3) is 0 Å². The van der Waals surface area contributed by atoms with Gasteiger partial charge in [-0.2, -0.15) is 0 Å². The van der Waals surface area contributed by atoms with E-state index in [-0.39, 0.29) is 6.04 Å². The van der Waals surface area contributed by atoms with Gasteiger partial charge in [-0.05, 0) is 68.7 Å². The molecule has 1 atom stereocenters. The van der Waals surface area contributed by atoms with Crippen LogP contribution in [-0.4, -0.2) is 5.11 Å². The molecule has 0 aliphatic rings. The molecule has 0 heterocycles. The first-order valence-electron chi connectivity index (χ1n) is 7.28. The van der Waals surface area contributed by atoms with Crippen molar-refractivity contribution in [3.63, 3.8) is 0 Å². The van der Waals surface area contributed by atoms with Gasteiger partial charge in [0.15, 0.2) is 5.11 Å². The van der Waals surface area contributed by atoms with Gasteiger partial charge in [0.05, 0.1) is 6.04 Å². The molecule has 22 heavy (non-hydrogen) atoms. The molecule has 0 saturated heterocycles. The molecule has 0 amide bonds. The lowest BCUT2D eigenvalue weighted by Gasteiger charge is -2.20. The fraction of sp³-hybridized carbons (Fsp3) is 0.278. The van der Waals surface area contributed by atoms with E-state index in [0.717, 1.165) is 16.3 Å². The van der Waals surface area contributed by atoms with Crippen LogP contribution in [0.2, 0.25) is 5.02 Å². The Kier molecular flexibility index (Phi) is 5.43. The van der Waals surface area contributed by atoms with Crippen molar-refractivity contribution in [2.24, 2.45) is 0 Å². The topological polar surface area (TPSA) is 24.1 Å². The first-order valence-corrected chi connectivity index (χ1v) is 8.07. The van der Waals surface area contributed by atoms with Crippen LogP contribution in [0.4, 0.5) is 5.69 Å². The number of hydrogen-bond acceptors (Lipinski definition) is 1.